The second kappa shape index (κ2) is 7.42. The van der Waals surface area contributed by atoms with Crippen molar-refractivity contribution in [1.29, 1.82) is 0 Å². The molecule has 0 unspecified atom stereocenters. The molecule has 8 heteroatoms. The van der Waals surface area contributed by atoms with Crippen LogP contribution in [-0.2, 0) is 0 Å². The van der Waals surface area contributed by atoms with E-state index in [9.17, 15) is 10.1 Å². The van der Waals surface area contributed by atoms with Gasteiger partial charge in [-0.3, -0.25) is 10.1 Å². The van der Waals surface area contributed by atoms with Crippen LogP contribution in [0.15, 0.2) is 60.7 Å². The fraction of sp³-hybridized carbons (Fsp3) is 0. The Bertz CT molecular complexity index is 1140. The van der Waals surface area contributed by atoms with Crippen molar-refractivity contribution in [3.8, 4) is 34.0 Å². The summed E-state index contributed by atoms with van der Waals surface area (Å²) in [6.07, 6.45) is 2.43. The summed E-state index contributed by atoms with van der Waals surface area (Å²) < 4.78 is 0. The van der Waals surface area contributed by atoms with Gasteiger partial charge in [0, 0.05) is 11.6 Å². The average Bonchev–Trinajstić information content (AvgIpc) is 3.13. The van der Waals surface area contributed by atoms with Crippen LogP contribution < -0.4 is 0 Å². The van der Waals surface area contributed by atoms with E-state index in [1.54, 1.807) is 18.2 Å². The molecule has 137 valence electrons. The Morgan fingerprint density at radius 3 is 2.29 bits per heavy atom. The number of H-pyrrole nitrogens is 1. The highest BCUT2D eigenvalue weighted by Crippen LogP contribution is 2.37. The normalized spacial score (nSPS) is 10.8. The number of hydrogen-bond acceptors (Lipinski definition) is 4. The first-order chi connectivity index (χ1) is 13.5. The van der Waals surface area contributed by atoms with E-state index in [1.165, 1.54) is 12.1 Å². The molecule has 1 radical (unpaired) electrons. The quantitative estimate of drug-likeness (QED) is 0.339. The molecule has 0 fully saturated rings. The number of nitrogens with one attached hydrogen (secondary N) is 1. The van der Waals surface area contributed by atoms with E-state index in [1.807, 2.05) is 30.3 Å². The van der Waals surface area contributed by atoms with Crippen molar-refractivity contribution in [3.05, 3.63) is 87.0 Å². The molecule has 0 saturated carbocycles. The SMILES string of the molecule is O=[N+]([O-])c1[c]nc(-c2nc(-c3c(Cl)cccc3Cl)[nH]c2-c2ccccc2)cc1. The van der Waals surface area contributed by atoms with Crippen LogP contribution in [0.5, 0.6) is 0 Å². The molecule has 4 rings (SSSR count). The molecule has 4 aromatic rings. The van der Waals surface area contributed by atoms with Gasteiger partial charge in [0.1, 0.15) is 11.5 Å². The van der Waals surface area contributed by atoms with Gasteiger partial charge in [0.25, 0.3) is 5.69 Å². The molecule has 2 aromatic carbocycles. The summed E-state index contributed by atoms with van der Waals surface area (Å²) in [5, 5.41) is 11.8. The van der Waals surface area contributed by atoms with Gasteiger partial charge < -0.3 is 4.98 Å². The molecule has 0 amide bonds. The molecule has 0 atom stereocenters. The number of nitrogens with zero attached hydrogens (tertiary/aromatic N) is 3. The maximum Gasteiger partial charge on any atom is 0.297 e. The number of rotatable bonds is 4. The summed E-state index contributed by atoms with van der Waals surface area (Å²) in [4.78, 5) is 22.3. The molecule has 28 heavy (non-hydrogen) atoms. The molecule has 0 aliphatic carbocycles. The predicted molar refractivity (Wildman–Crippen MR) is 108 cm³/mol. The van der Waals surface area contributed by atoms with Crippen molar-refractivity contribution >= 4 is 28.9 Å². The summed E-state index contributed by atoms with van der Waals surface area (Å²) in [6.45, 7) is 0. The second-order valence-electron chi connectivity index (χ2n) is 5.86. The molecule has 1 N–H and O–H groups in total. The van der Waals surface area contributed by atoms with Crippen LogP contribution in [-0.4, -0.2) is 19.9 Å². The fourth-order valence-corrected chi connectivity index (χ4v) is 3.37. The Morgan fingerprint density at radius 2 is 1.68 bits per heavy atom. The molecule has 0 aliphatic heterocycles. The summed E-state index contributed by atoms with van der Waals surface area (Å²) in [7, 11) is 0. The molecule has 0 aliphatic rings. The van der Waals surface area contributed by atoms with Crippen molar-refractivity contribution < 1.29 is 4.92 Å². The van der Waals surface area contributed by atoms with E-state index in [-0.39, 0.29) is 5.69 Å². The first kappa shape index (κ1) is 18.2. The zero-order valence-corrected chi connectivity index (χ0v) is 15.7. The van der Waals surface area contributed by atoms with Gasteiger partial charge in [-0.25, -0.2) is 9.97 Å². The zero-order chi connectivity index (χ0) is 19.7. The third kappa shape index (κ3) is 3.35. The van der Waals surface area contributed by atoms with Crippen LogP contribution in [0.4, 0.5) is 5.69 Å². The number of nitro groups is 1. The van der Waals surface area contributed by atoms with Crippen LogP contribution in [0.1, 0.15) is 0 Å². The minimum Gasteiger partial charge on any atom is -0.337 e. The number of halogens is 2. The van der Waals surface area contributed by atoms with E-state index in [0.29, 0.717) is 38.5 Å². The van der Waals surface area contributed by atoms with Gasteiger partial charge in [-0.05, 0) is 18.2 Å². The lowest BCUT2D eigenvalue weighted by Crippen LogP contribution is -1.92. The van der Waals surface area contributed by atoms with Crippen molar-refractivity contribution in [2.24, 2.45) is 0 Å². The molecular formula is C20H11Cl2N4O2. The number of aromatic amines is 1. The maximum absolute atomic E-state index is 10.9. The average molecular weight is 410 g/mol. The lowest BCUT2D eigenvalue weighted by molar-refractivity contribution is -0.385. The van der Waals surface area contributed by atoms with Gasteiger partial charge in [0.2, 0.25) is 0 Å². The van der Waals surface area contributed by atoms with Crippen LogP contribution in [0.3, 0.4) is 0 Å². The van der Waals surface area contributed by atoms with Gasteiger partial charge in [-0.1, -0.05) is 59.6 Å². The lowest BCUT2D eigenvalue weighted by Gasteiger charge is -2.03. The largest absolute Gasteiger partial charge is 0.337 e. The molecular weight excluding hydrogens is 399 g/mol. The van der Waals surface area contributed by atoms with Gasteiger partial charge in [-0.15, -0.1) is 0 Å². The van der Waals surface area contributed by atoms with Crippen molar-refractivity contribution in [2.45, 2.75) is 0 Å². The predicted octanol–water partition coefficient (Wildman–Crippen LogP) is 5.82. The molecule has 2 heterocycles. The van der Waals surface area contributed by atoms with Crippen LogP contribution in [0, 0.1) is 16.3 Å². The van der Waals surface area contributed by atoms with Gasteiger partial charge in [-0.2, -0.15) is 0 Å². The smallest absolute Gasteiger partial charge is 0.297 e. The van der Waals surface area contributed by atoms with Crippen molar-refractivity contribution in [3.63, 3.8) is 0 Å². The first-order valence-electron chi connectivity index (χ1n) is 8.18. The van der Waals surface area contributed by atoms with E-state index in [4.69, 9.17) is 23.2 Å². The minimum atomic E-state index is -0.547. The minimum absolute atomic E-state index is 0.213. The Labute approximate surface area is 170 Å². The second-order valence-corrected chi connectivity index (χ2v) is 6.67. The Hall–Kier alpha value is -3.22. The van der Waals surface area contributed by atoms with Crippen molar-refractivity contribution in [2.75, 3.05) is 0 Å². The van der Waals surface area contributed by atoms with Gasteiger partial charge in [0.05, 0.1) is 31.9 Å². The van der Waals surface area contributed by atoms with Crippen LogP contribution in [0.2, 0.25) is 10.0 Å². The number of pyridine rings is 1. The van der Waals surface area contributed by atoms with Crippen LogP contribution >= 0.6 is 23.2 Å². The number of benzene rings is 2. The molecule has 6 nitrogen and oxygen atoms in total. The monoisotopic (exact) mass is 409 g/mol. The Kier molecular flexibility index (Phi) is 4.81. The number of hydrogen-bond donors (Lipinski definition) is 1. The summed E-state index contributed by atoms with van der Waals surface area (Å²) in [5.74, 6) is 0.476. The van der Waals surface area contributed by atoms with E-state index in [2.05, 4.69) is 21.1 Å². The first-order valence-corrected chi connectivity index (χ1v) is 8.93. The fourth-order valence-electron chi connectivity index (χ4n) is 2.80. The third-order valence-electron chi connectivity index (χ3n) is 4.10. The van der Waals surface area contributed by atoms with Gasteiger partial charge >= 0.3 is 0 Å². The topological polar surface area (TPSA) is 84.7 Å². The summed E-state index contributed by atoms with van der Waals surface area (Å²) in [5.41, 5.74) is 2.88. The van der Waals surface area contributed by atoms with E-state index >= 15 is 0 Å². The van der Waals surface area contributed by atoms with Gasteiger partial charge in [0.15, 0.2) is 6.20 Å². The molecule has 0 saturated heterocycles. The molecule has 0 spiro atoms. The third-order valence-corrected chi connectivity index (χ3v) is 4.73. The Balaban J connectivity index is 1.92. The highest BCUT2D eigenvalue weighted by molar-refractivity contribution is 6.39. The summed E-state index contributed by atoms with van der Waals surface area (Å²) in [6, 6.07) is 17.6. The Morgan fingerprint density at radius 1 is 0.964 bits per heavy atom. The van der Waals surface area contributed by atoms with Crippen LogP contribution in [0.25, 0.3) is 34.0 Å². The van der Waals surface area contributed by atoms with Crippen molar-refractivity contribution in [1.82, 2.24) is 15.0 Å². The highest BCUT2D eigenvalue weighted by atomic mass is 35.5. The standard InChI is InChI=1S/C20H11Cl2N4O2/c21-14-7-4-8-15(22)17(14)20-24-18(12-5-2-1-3-6-12)19(25-20)16-10-9-13(11-23-16)26(27)28/h1-10H,(H,24,25). The maximum atomic E-state index is 10.9. The summed E-state index contributed by atoms with van der Waals surface area (Å²) >= 11 is 12.7. The lowest BCUT2D eigenvalue weighted by atomic mass is 10.1. The van der Waals surface area contributed by atoms with E-state index in [0.717, 1.165) is 5.56 Å². The van der Waals surface area contributed by atoms with E-state index < -0.39 is 4.92 Å². The molecule has 2 aromatic heterocycles. The number of imidazole rings is 1. The molecule has 0 bridgehead atoms. The zero-order valence-electron chi connectivity index (χ0n) is 14.2. The number of aromatic nitrogens is 3. The highest BCUT2D eigenvalue weighted by Gasteiger charge is 2.20.